The van der Waals surface area contributed by atoms with E-state index in [-0.39, 0.29) is 33.8 Å². The number of hydrogen-bond donors (Lipinski definition) is 7. The van der Waals surface area contributed by atoms with Gasteiger partial charge in [0.15, 0.2) is 17.9 Å². The van der Waals surface area contributed by atoms with Gasteiger partial charge in [-0.3, -0.25) is 9.59 Å². The number of ether oxygens (including phenoxy) is 4. The molecule has 10 atom stereocenters. The molecule has 0 spiro atoms. The number of aromatic hydroxyl groups is 1. The number of rotatable bonds is 5. The van der Waals surface area contributed by atoms with Gasteiger partial charge in [-0.2, -0.15) is 0 Å². The van der Waals surface area contributed by atoms with Gasteiger partial charge in [-0.1, -0.05) is 18.2 Å². The van der Waals surface area contributed by atoms with E-state index < -0.39 is 79.6 Å². The van der Waals surface area contributed by atoms with Crippen LogP contribution in [0.5, 0.6) is 11.5 Å². The highest BCUT2D eigenvalue weighted by Gasteiger charge is 2.48. The van der Waals surface area contributed by atoms with Gasteiger partial charge in [0.05, 0.1) is 23.8 Å². The van der Waals surface area contributed by atoms with E-state index in [4.69, 9.17) is 18.9 Å². The highest BCUT2D eigenvalue weighted by molar-refractivity contribution is 6.30. The van der Waals surface area contributed by atoms with Gasteiger partial charge in [-0.25, -0.2) is 0 Å². The van der Waals surface area contributed by atoms with Crippen LogP contribution in [0.3, 0.4) is 0 Å². The molecular formula is C27H30O13. The van der Waals surface area contributed by atoms with Crippen molar-refractivity contribution in [1.29, 1.82) is 0 Å². The maximum Gasteiger partial charge on any atom is 0.229 e. The van der Waals surface area contributed by atoms with Crippen molar-refractivity contribution in [3.05, 3.63) is 58.1 Å². The van der Waals surface area contributed by atoms with Crippen LogP contribution in [0.4, 0.5) is 0 Å². The number of aliphatic hydroxyl groups excluding tert-OH is 6. The summed E-state index contributed by atoms with van der Waals surface area (Å²) in [6.45, 7) is 2.55. The molecule has 13 nitrogen and oxygen atoms in total. The lowest BCUT2D eigenvalue weighted by Gasteiger charge is -2.42. The number of ketones is 2. The summed E-state index contributed by atoms with van der Waals surface area (Å²) in [4.78, 5) is 26.6. The number of phenolic OH excluding ortho intramolecular Hbond substituents is 1. The first-order valence-corrected chi connectivity index (χ1v) is 12.6. The Hall–Kier alpha value is -2.98. The molecule has 0 amide bonds. The van der Waals surface area contributed by atoms with Crippen molar-refractivity contribution in [2.24, 2.45) is 0 Å². The molecule has 2 saturated heterocycles. The Labute approximate surface area is 227 Å². The molecule has 3 aliphatic rings. The lowest BCUT2D eigenvalue weighted by molar-refractivity contribution is -0.318. The van der Waals surface area contributed by atoms with Crippen LogP contribution < -0.4 is 4.74 Å². The summed E-state index contributed by atoms with van der Waals surface area (Å²) in [6, 6.07) is 7.03. The summed E-state index contributed by atoms with van der Waals surface area (Å²) in [5.41, 5.74) is 0.0650. The molecule has 0 bridgehead atoms. The van der Waals surface area contributed by atoms with E-state index in [2.05, 4.69) is 0 Å². The molecule has 13 heteroatoms. The van der Waals surface area contributed by atoms with Crippen molar-refractivity contribution in [1.82, 2.24) is 0 Å². The van der Waals surface area contributed by atoms with Gasteiger partial charge in [0, 0.05) is 11.1 Å². The minimum absolute atomic E-state index is 0.0348. The molecule has 0 radical (unpaired) electrons. The SMILES string of the molecule is Cc1ccc2c(c1OC1OC(COC3OC(C)C(O)C(O)C3O)C(O)C(O)C1O)C(=O)c1cccc(O)c1C2=O. The fourth-order valence-corrected chi connectivity index (χ4v) is 5.10. The number of carbonyl (C=O) groups is 2. The second kappa shape index (κ2) is 10.8. The Morgan fingerprint density at radius 3 is 2.10 bits per heavy atom. The van der Waals surface area contributed by atoms with Crippen LogP contribution in [-0.4, -0.2) is 115 Å². The van der Waals surface area contributed by atoms with Crippen LogP contribution in [0, 0.1) is 6.92 Å². The Morgan fingerprint density at radius 2 is 1.38 bits per heavy atom. The summed E-state index contributed by atoms with van der Waals surface area (Å²) in [6.07, 6.45) is -15.1. The fourth-order valence-electron chi connectivity index (χ4n) is 5.10. The normalized spacial score (nSPS) is 35.7. The average molecular weight is 563 g/mol. The van der Waals surface area contributed by atoms with Crippen molar-refractivity contribution < 1.29 is 64.3 Å². The lowest BCUT2D eigenvalue weighted by Crippen LogP contribution is -2.61. The third kappa shape index (κ3) is 4.68. The Kier molecular flexibility index (Phi) is 7.69. The van der Waals surface area contributed by atoms with Crippen LogP contribution in [0.15, 0.2) is 30.3 Å². The quantitative estimate of drug-likeness (QED) is 0.189. The zero-order chi connectivity index (χ0) is 29.0. The minimum Gasteiger partial charge on any atom is -0.507 e. The fraction of sp³-hybridized carbons (Fsp3) is 0.481. The Bertz CT molecular complexity index is 1310. The standard InChI is InChI=1S/C27H30O13/c1-9-6-7-12-16(19(31)11-4-3-5-13(28)15(11)18(12)30)25(9)40-27-24(36)22(34)20(32)14(39-27)8-37-26-23(35)21(33)17(29)10(2)38-26/h3-7,10,14,17,20-24,26-29,32-36H,8H2,1-2H3. The van der Waals surface area contributed by atoms with Crippen LogP contribution in [0.1, 0.15) is 44.3 Å². The number of benzene rings is 2. The smallest absolute Gasteiger partial charge is 0.229 e. The molecule has 1 aliphatic carbocycles. The third-order valence-corrected chi connectivity index (χ3v) is 7.48. The minimum atomic E-state index is -1.79. The first-order valence-electron chi connectivity index (χ1n) is 12.6. The van der Waals surface area contributed by atoms with Gasteiger partial charge < -0.3 is 54.7 Å². The highest BCUT2D eigenvalue weighted by Crippen LogP contribution is 2.39. The molecule has 2 heterocycles. The van der Waals surface area contributed by atoms with Gasteiger partial charge in [0.25, 0.3) is 0 Å². The van der Waals surface area contributed by atoms with Crippen molar-refractivity contribution >= 4 is 11.6 Å². The van der Waals surface area contributed by atoms with Gasteiger partial charge >= 0.3 is 0 Å². The van der Waals surface area contributed by atoms with Crippen LogP contribution in [-0.2, 0) is 14.2 Å². The second-order valence-electron chi connectivity index (χ2n) is 10.1. The van der Waals surface area contributed by atoms with E-state index in [1.165, 1.54) is 37.3 Å². The predicted octanol–water partition coefficient (Wildman–Crippen LogP) is -1.49. The zero-order valence-corrected chi connectivity index (χ0v) is 21.4. The van der Waals surface area contributed by atoms with E-state index in [0.29, 0.717) is 5.56 Å². The maximum absolute atomic E-state index is 13.4. The molecular weight excluding hydrogens is 532 g/mol. The molecule has 0 saturated carbocycles. The van der Waals surface area contributed by atoms with Crippen LogP contribution >= 0.6 is 0 Å². The molecule has 0 aromatic heterocycles. The van der Waals surface area contributed by atoms with E-state index in [1.807, 2.05) is 0 Å². The van der Waals surface area contributed by atoms with Crippen molar-refractivity contribution in [2.75, 3.05) is 6.61 Å². The van der Waals surface area contributed by atoms with Gasteiger partial charge in [-0.05, 0) is 31.5 Å². The Balaban J connectivity index is 1.39. The topological polar surface area (TPSA) is 213 Å². The largest absolute Gasteiger partial charge is 0.507 e. The third-order valence-electron chi connectivity index (χ3n) is 7.48. The first kappa shape index (κ1) is 28.5. The first-order chi connectivity index (χ1) is 18.9. The molecule has 7 N–H and O–H groups in total. The van der Waals surface area contributed by atoms with Gasteiger partial charge in [-0.15, -0.1) is 0 Å². The van der Waals surface area contributed by atoms with Crippen molar-refractivity contribution in [3.63, 3.8) is 0 Å². The second-order valence-corrected chi connectivity index (χ2v) is 10.1. The number of hydrogen-bond acceptors (Lipinski definition) is 13. The molecule has 5 rings (SSSR count). The number of aliphatic hydroxyl groups is 6. The summed E-state index contributed by atoms with van der Waals surface area (Å²) in [7, 11) is 0. The van der Waals surface area contributed by atoms with E-state index in [0.717, 1.165) is 0 Å². The van der Waals surface area contributed by atoms with Crippen LogP contribution in [0.25, 0.3) is 0 Å². The molecule has 2 aliphatic heterocycles. The maximum atomic E-state index is 13.4. The highest BCUT2D eigenvalue weighted by atomic mass is 16.7. The summed E-state index contributed by atoms with van der Waals surface area (Å²) < 4.78 is 22.4. The zero-order valence-electron chi connectivity index (χ0n) is 21.4. The molecule has 2 aromatic carbocycles. The molecule has 216 valence electrons. The summed E-state index contributed by atoms with van der Waals surface area (Å²) >= 11 is 0. The molecule has 10 unspecified atom stereocenters. The number of fused-ring (bicyclic) bond motifs is 2. The average Bonchev–Trinajstić information content (AvgIpc) is 2.93. The van der Waals surface area contributed by atoms with E-state index in [1.54, 1.807) is 6.92 Å². The van der Waals surface area contributed by atoms with Gasteiger partial charge in [0.2, 0.25) is 6.29 Å². The van der Waals surface area contributed by atoms with Crippen LogP contribution in [0.2, 0.25) is 0 Å². The van der Waals surface area contributed by atoms with Gasteiger partial charge in [0.1, 0.15) is 54.2 Å². The molecule has 40 heavy (non-hydrogen) atoms. The predicted molar refractivity (Wildman–Crippen MR) is 132 cm³/mol. The lowest BCUT2D eigenvalue weighted by atomic mass is 9.82. The van der Waals surface area contributed by atoms with E-state index in [9.17, 15) is 45.3 Å². The molecule has 2 fully saturated rings. The van der Waals surface area contributed by atoms with E-state index >= 15 is 0 Å². The summed E-state index contributed by atoms with van der Waals surface area (Å²) in [5.74, 6) is -1.66. The number of aryl methyl sites for hydroxylation is 1. The Morgan fingerprint density at radius 1 is 0.750 bits per heavy atom. The van der Waals surface area contributed by atoms with Crippen molar-refractivity contribution in [2.45, 2.75) is 75.3 Å². The number of carbonyl (C=O) groups excluding carboxylic acids is 2. The van der Waals surface area contributed by atoms with Crippen molar-refractivity contribution in [3.8, 4) is 11.5 Å². The summed E-state index contributed by atoms with van der Waals surface area (Å²) in [5, 5.41) is 71.9. The number of phenols is 1. The monoisotopic (exact) mass is 562 g/mol. The molecule has 2 aromatic rings.